The molecule has 1 aliphatic rings. The van der Waals surface area contributed by atoms with Crippen molar-refractivity contribution in [3.05, 3.63) is 59.7 Å². The molecule has 5 heteroatoms. The number of nitrogens with zero attached hydrogens (tertiary/aromatic N) is 1. The van der Waals surface area contributed by atoms with Crippen LogP contribution in [0.25, 0.3) is 0 Å². The molecule has 0 unspecified atom stereocenters. The second-order valence-corrected chi connectivity index (χ2v) is 7.40. The lowest BCUT2D eigenvalue weighted by Gasteiger charge is -2.23. The molecule has 0 aromatic heterocycles. The van der Waals surface area contributed by atoms with Gasteiger partial charge in [-0.2, -0.15) is 0 Å². The molecule has 1 N–H and O–H groups in total. The number of carbonyl (C=O) groups is 3. The van der Waals surface area contributed by atoms with Crippen molar-refractivity contribution in [3.8, 4) is 0 Å². The zero-order valence-corrected chi connectivity index (χ0v) is 16.6. The minimum atomic E-state index is -0.418. The molecule has 1 fully saturated rings. The van der Waals surface area contributed by atoms with Gasteiger partial charge in [0.25, 0.3) is 0 Å². The molecule has 1 aliphatic heterocycles. The van der Waals surface area contributed by atoms with Gasteiger partial charge in [-0.15, -0.1) is 0 Å². The Labute approximate surface area is 165 Å². The number of rotatable bonds is 6. The number of ketones is 1. The van der Waals surface area contributed by atoms with E-state index >= 15 is 0 Å². The van der Waals surface area contributed by atoms with Crippen molar-refractivity contribution in [1.82, 2.24) is 0 Å². The van der Waals surface area contributed by atoms with Gasteiger partial charge in [0.1, 0.15) is 0 Å². The summed E-state index contributed by atoms with van der Waals surface area (Å²) >= 11 is 0. The van der Waals surface area contributed by atoms with Crippen molar-refractivity contribution >= 4 is 29.0 Å². The van der Waals surface area contributed by atoms with E-state index in [4.69, 9.17) is 0 Å². The standard InChI is InChI=1S/C23H26N2O3/c1-4-15(2)20-10-5-6-11-21(20)25-14-18(13-22(25)27)23(28)24-19-9-7-8-17(12-19)16(3)26/h5-12,15,18H,4,13-14H2,1-3H3,(H,24,28)/t15-,18+/m0/s1. The average molecular weight is 378 g/mol. The molecule has 1 heterocycles. The van der Waals surface area contributed by atoms with Gasteiger partial charge in [0, 0.05) is 29.9 Å². The summed E-state index contributed by atoms with van der Waals surface area (Å²) in [5.41, 5.74) is 3.15. The van der Waals surface area contributed by atoms with E-state index in [0.29, 0.717) is 23.7 Å². The molecule has 0 saturated carbocycles. The van der Waals surface area contributed by atoms with Crippen LogP contribution in [0, 0.1) is 5.92 Å². The van der Waals surface area contributed by atoms with Crippen LogP contribution in [0.4, 0.5) is 11.4 Å². The van der Waals surface area contributed by atoms with Gasteiger partial charge >= 0.3 is 0 Å². The smallest absolute Gasteiger partial charge is 0.229 e. The third-order valence-electron chi connectivity index (χ3n) is 5.40. The Kier molecular flexibility index (Phi) is 5.93. The van der Waals surface area contributed by atoms with Gasteiger partial charge in [-0.3, -0.25) is 14.4 Å². The molecule has 1 saturated heterocycles. The maximum absolute atomic E-state index is 12.7. The number of para-hydroxylation sites is 1. The van der Waals surface area contributed by atoms with Crippen molar-refractivity contribution in [1.29, 1.82) is 0 Å². The Balaban J connectivity index is 1.75. The zero-order valence-electron chi connectivity index (χ0n) is 16.6. The summed E-state index contributed by atoms with van der Waals surface area (Å²) in [7, 11) is 0. The number of benzene rings is 2. The summed E-state index contributed by atoms with van der Waals surface area (Å²) in [6, 6.07) is 14.8. The van der Waals surface area contributed by atoms with Crippen molar-refractivity contribution in [2.24, 2.45) is 5.92 Å². The zero-order chi connectivity index (χ0) is 20.3. The van der Waals surface area contributed by atoms with Crippen LogP contribution < -0.4 is 10.2 Å². The minimum absolute atomic E-state index is 0.0339. The first-order valence-electron chi connectivity index (χ1n) is 9.71. The normalized spacial score (nSPS) is 17.5. The van der Waals surface area contributed by atoms with Crippen LogP contribution in [0.5, 0.6) is 0 Å². The van der Waals surface area contributed by atoms with Gasteiger partial charge in [-0.25, -0.2) is 0 Å². The summed E-state index contributed by atoms with van der Waals surface area (Å²) in [4.78, 5) is 38.6. The lowest BCUT2D eigenvalue weighted by Crippen LogP contribution is -2.29. The Morgan fingerprint density at radius 1 is 1.18 bits per heavy atom. The largest absolute Gasteiger partial charge is 0.326 e. The highest BCUT2D eigenvalue weighted by atomic mass is 16.2. The first kappa shape index (κ1) is 19.8. The fourth-order valence-electron chi connectivity index (χ4n) is 3.55. The predicted molar refractivity (Wildman–Crippen MR) is 111 cm³/mol. The molecule has 5 nitrogen and oxygen atoms in total. The van der Waals surface area contributed by atoms with Crippen LogP contribution in [0.2, 0.25) is 0 Å². The maximum atomic E-state index is 12.7. The van der Waals surface area contributed by atoms with Gasteiger partial charge in [-0.05, 0) is 43.0 Å². The van der Waals surface area contributed by atoms with Crippen molar-refractivity contribution in [2.75, 3.05) is 16.8 Å². The van der Waals surface area contributed by atoms with Crippen LogP contribution in [-0.2, 0) is 9.59 Å². The number of nitrogens with one attached hydrogen (secondary N) is 1. The van der Waals surface area contributed by atoms with Crippen LogP contribution in [0.15, 0.2) is 48.5 Å². The van der Waals surface area contributed by atoms with E-state index in [1.165, 1.54) is 6.92 Å². The number of hydrogen-bond acceptors (Lipinski definition) is 3. The molecule has 146 valence electrons. The van der Waals surface area contributed by atoms with Gasteiger partial charge in [-0.1, -0.05) is 44.2 Å². The molecule has 3 rings (SSSR count). The van der Waals surface area contributed by atoms with Crippen molar-refractivity contribution in [2.45, 2.75) is 39.5 Å². The quantitative estimate of drug-likeness (QED) is 0.758. The molecule has 2 aromatic carbocycles. The highest BCUT2D eigenvalue weighted by molar-refractivity contribution is 6.04. The molecule has 0 spiro atoms. The van der Waals surface area contributed by atoms with Crippen molar-refractivity contribution in [3.63, 3.8) is 0 Å². The highest BCUT2D eigenvalue weighted by Gasteiger charge is 2.36. The molecule has 2 aromatic rings. The molecule has 0 bridgehead atoms. The number of amides is 2. The summed E-state index contributed by atoms with van der Waals surface area (Å²) < 4.78 is 0. The molecule has 2 atom stereocenters. The number of anilines is 2. The monoisotopic (exact) mass is 378 g/mol. The topological polar surface area (TPSA) is 66.5 Å². The fraction of sp³-hybridized carbons (Fsp3) is 0.348. The van der Waals surface area contributed by atoms with E-state index in [0.717, 1.165) is 17.7 Å². The Morgan fingerprint density at radius 2 is 1.93 bits per heavy atom. The molecule has 2 amide bonds. The lowest BCUT2D eigenvalue weighted by molar-refractivity contribution is -0.122. The van der Waals surface area contributed by atoms with Gasteiger partial charge < -0.3 is 10.2 Å². The van der Waals surface area contributed by atoms with Crippen molar-refractivity contribution < 1.29 is 14.4 Å². The third kappa shape index (κ3) is 4.14. The van der Waals surface area contributed by atoms with E-state index in [-0.39, 0.29) is 24.0 Å². The number of Topliss-reactive ketones (excluding diaryl/α,β-unsaturated/α-hetero) is 1. The maximum Gasteiger partial charge on any atom is 0.229 e. The number of hydrogen-bond donors (Lipinski definition) is 1. The van der Waals surface area contributed by atoms with Gasteiger partial charge in [0.15, 0.2) is 5.78 Å². The van der Waals surface area contributed by atoms with Crippen LogP contribution in [0.1, 0.15) is 55.5 Å². The first-order valence-corrected chi connectivity index (χ1v) is 9.71. The second-order valence-electron chi connectivity index (χ2n) is 7.40. The summed E-state index contributed by atoms with van der Waals surface area (Å²) in [5.74, 6) is -0.365. The molecular formula is C23H26N2O3. The van der Waals surface area contributed by atoms with E-state index in [1.54, 1.807) is 29.2 Å². The molecule has 28 heavy (non-hydrogen) atoms. The average Bonchev–Trinajstić information content (AvgIpc) is 3.09. The molecule has 0 radical (unpaired) electrons. The second kappa shape index (κ2) is 8.38. The van der Waals surface area contributed by atoms with Gasteiger partial charge in [0.2, 0.25) is 11.8 Å². The predicted octanol–water partition coefficient (Wildman–Crippen LogP) is 4.39. The molecular weight excluding hydrogens is 352 g/mol. The van der Waals surface area contributed by atoms with Crippen LogP contribution >= 0.6 is 0 Å². The third-order valence-corrected chi connectivity index (χ3v) is 5.40. The first-order chi connectivity index (χ1) is 13.4. The van der Waals surface area contributed by atoms with Crippen LogP contribution in [0.3, 0.4) is 0 Å². The van der Waals surface area contributed by atoms with E-state index in [9.17, 15) is 14.4 Å². The van der Waals surface area contributed by atoms with Crippen LogP contribution in [-0.4, -0.2) is 24.1 Å². The minimum Gasteiger partial charge on any atom is -0.326 e. The van der Waals surface area contributed by atoms with E-state index < -0.39 is 5.92 Å². The lowest BCUT2D eigenvalue weighted by atomic mass is 9.96. The molecule has 0 aliphatic carbocycles. The Hall–Kier alpha value is -2.95. The summed E-state index contributed by atoms with van der Waals surface area (Å²) in [5, 5.41) is 2.85. The Morgan fingerprint density at radius 3 is 2.64 bits per heavy atom. The van der Waals surface area contributed by atoms with Gasteiger partial charge in [0.05, 0.1) is 5.92 Å². The Bertz CT molecular complexity index is 906. The summed E-state index contributed by atoms with van der Waals surface area (Å²) in [6.07, 6.45) is 1.17. The highest BCUT2D eigenvalue weighted by Crippen LogP contribution is 2.33. The number of carbonyl (C=O) groups excluding carboxylic acids is 3. The fourth-order valence-corrected chi connectivity index (χ4v) is 3.55. The van der Waals surface area contributed by atoms with E-state index in [1.807, 2.05) is 18.2 Å². The summed E-state index contributed by atoms with van der Waals surface area (Å²) in [6.45, 7) is 6.12. The SMILES string of the molecule is CC[C@H](C)c1ccccc1N1C[C@H](C(=O)Nc2cccc(C(C)=O)c2)CC1=O. The van der Waals surface area contributed by atoms with E-state index in [2.05, 4.69) is 25.2 Å².